The second-order valence-corrected chi connectivity index (χ2v) is 6.06. The topological polar surface area (TPSA) is 78.0 Å². The summed E-state index contributed by atoms with van der Waals surface area (Å²) in [4.78, 5) is 0. The lowest BCUT2D eigenvalue weighted by molar-refractivity contribution is 0.586. The predicted molar refractivity (Wildman–Crippen MR) is 59.0 cm³/mol. The number of aryl methyl sites for hydroxylation is 1. The van der Waals surface area contributed by atoms with Gasteiger partial charge in [-0.25, -0.2) is 8.42 Å². The Labute approximate surface area is 90.2 Å². The summed E-state index contributed by atoms with van der Waals surface area (Å²) < 4.78 is 24.8. The number of nitrogens with zero attached hydrogens (tertiary/aromatic N) is 2. The van der Waals surface area contributed by atoms with Crippen molar-refractivity contribution in [3.8, 4) is 0 Å². The zero-order chi connectivity index (χ0) is 11.5. The lowest BCUT2D eigenvalue weighted by Crippen LogP contribution is -2.20. The van der Waals surface area contributed by atoms with Gasteiger partial charge in [-0.2, -0.15) is 5.10 Å². The van der Waals surface area contributed by atoms with E-state index in [2.05, 4.69) is 5.10 Å². The number of rotatable bonds is 5. The number of nitrogens with two attached hydrogens (primary N) is 1. The van der Waals surface area contributed by atoms with Gasteiger partial charge in [0.05, 0.1) is 17.7 Å². The first-order valence-electron chi connectivity index (χ1n) is 4.82. The highest BCUT2D eigenvalue weighted by Crippen LogP contribution is 2.06. The van der Waals surface area contributed by atoms with E-state index in [1.807, 2.05) is 0 Å². The van der Waals surface area contributed by atoms with Crippen LogP contribution < -0.4 is 5.73 Å². The van der Waals surface area contributed by atoms with E-state index in [-0.39, 0.29) is 17.5 Å². The van der Waals surface area contributed by atoms with Crippen molar-refractivity contribution < 1.29 is 8.42 Å². The minimum atomic E-state index is -3.05. The molecule has 1 aromatic heterocycles. The molecule has 1 unspecified atom stereocenters. The van der Waals surface area contributed by atoms with Crippen LogP contribution in [0.2, 0.25) is 0 Å². The molecule has 0 spiro atoms. The summed E-state index contributed by atoms with van der Waals surface area (Å²) in [6.45, 7) is 1.81. The van der Waals surface area contributed by atoms with Crippen molar-refractivity contribution in [1.82, 2.24) is 9.78 Å². The van der Waals surface area contributed by atoms with Crippen LogP contribution in [0.15, 0.2) is 12.4 Å². The van der Waals surface area contributed by atoms with Crippen molar-refractivity contribution in [1.29, 1.82) is 0 Å². The zero-order valence-corrected chi connectivity index (χ0v) is 9.87. The van der Waals surface area contributed by atoms with Crippen molar-refractivity contribution in [2.75, 3.05) is 5.75 Å². The van der Waals surface area contributed by atoms with Crippen LogP contribution in [0.4, 0.5) is 0 Å². The minimum Gasteiger partial charge on any atom is -0.328 e. The smallest absolute Gasteiger partial charge is 0.154 e. The molecule has 0 aliphatic heterocycles. The Morgan fingerprint density at radius 3 is 2.73 bits per heavy atom. The van der Waals surface area contributed by atoms with Crippen molar-refractivity contribution in [3.63, 3.8) is 0 Å². The molecule has 5 nitrogen and oxygen atoms in total. The van der Waals surface area contributed by atoms with Crippen LogP contribution in [-0.2, 0) is 22.6 Å². The van der Waals surface area contributed by atoms with Crippen LogP contribution in [0.3, 0.4) is 0 Å². The summed E-state index contributed by atoms with van der Waals surface area (Å²) in [7, 11) is -1.29. The fourth-order valence-corrected chi connectivity index (χ4v) is 2.77. The van der Waals surface area contributed by atoms with Crippen LogP contribution in [0.5, 0.6) is 0 Å². The van der Waals surface area contributed by atoms with Crippen LogP contribution in [0.25, 0.3) is 0 Å². The van der Waals surface area contributed by atoms with Crippen LogP contribution in [-0.4, -0.2) is 30.0 Å². The number of sulfone groups is 1. The van der Waals surface area contributed by atoms with Gasteiger partial charge >= 0.3 is 0 Å². The maximum Gasteiger partial charge on any atom is 0.154 e. The first kappa shape index (κ1) is 12.2. The molecule has 0 aliphatic carbocycles. The van der Waals surface area contributed by atoms with E-state index in [9.17, 15) is 8.42 Å². The summed E-state index contributed by atoms with van der Waals surface area (Å²) in [5.41, 5.74) is 6.24. The second kappa shape index (κ2) is 4.76. The highest BCUT2D eigenvalue weighted by molar-refractivity contribution is 7.90. The summed E-state index contributed by atoms with van der Waals surface area (Å²) in [6.07, 6.45) is 3.79. The van der Waals surface area contributed by atoms with Gasteiger partial charge in [-0.05, 0) is 13.3 Å². The summed E-state index contributed by atoms with van der Waals surface area (Å²) >= 11 is 0. The van der Waals surface area contributed by atoms with Crippen LogP contribution in [0.1, 0.15) is 18.9 Å². The molecule has 0 saturated heterocycles. The van der Waals surface area contributed by atoms with Gasteiger partial charge in [-0.15, -0.1) is 0 Å². The van der Waals surface area contributed by atoms with Gasteiger partial charge in [-0.1, -0.05) is 0 Å². The predicted octanol–water partition coefficient (Wildman–Crippen LogP) is 0.0722. The molecular formula is C9H17N3O2S. The van der Waals surface area contributed by atoms with E-state index in [0.717, 1.165) is 5.56 Å². The molecule has 0 radical (unpaired) electrons. The molecule has 1 rings (SSSR count). The van der Waals surface area contributed by atoms with E-state index in [1.54, 1.807) is 31.0 Å². The van der Waals surface area contributed by atoms with Crippen LogP contribution in [0, 0.1) is 0 Å². The summed E-state index contributed by atoms with van der Waals surface area (Å²) in [5, 5.41) is 3.92. The normalized spacial score (nSPS) is 14.1. The molecule has 0 saturated carbocycles. The monoisotopic (exact) mass is 231 g/mol. The van der Waals surface area contributed by atoms with Crippen LogP contribution >= 0.6 is 0 Å². The quantitative estimate of drug-likeness (QED) is 0.778. The highest BCUT2D eigenvalue weighted by atomic mass is 32.2. The van der Waals surface area contributed by atoms with Crippen molar-refractivity contribution in [2.24, 2.45) is 12.8 Å². The fraction of sp³-hybridized carbons (Fsp3) is 0.667. The molecule has 0 bridgehead atoms. The molecule has 0 aromatic carbocycles. The van der Waals surface area contributed by atoms with Gasteiger partial charge in [0, 0.05) is 24.8 Å². The maximum absolute atomic E-state index is 11.6. The van der Waals surface area contributed by atoms with Crippen molar-refractivity contribution in [2.45, 2.75) is 25.1 Å². The van der Waals surface area contributed by atoms with E-state index in [0.29, 0.717) is 6.42 Å². The Kier molecular flexibility index (Phi) is 3.87. The molecule has 6 heteroatoms. The highest BCUT2D eigenvalue weighted by Gasteiger charge is 2.13. The Balaban J connectivity index is 2.57. The second-order valence-electron chi connectivity index (χ2n) is 3.88. The molecular weight excluding hydrogens is 214 g/mol. The van der Waals surface area contributed by atoms with Crippen molar-refractivity contribution >= 4 is 9.84 Å². The molecule has 0 aliphatic rings. The lowest BCUT2D eigenvalue weighted by Gasteiger charge is -2.05. The van der Waals surface area contributed by atoms with Crippen molar-refractivity contribution in [3.05, 3.63) is 18.0 Å². The Hall–Kier alpha value is -0.880. The van der Waals surface area contributed by atoms with Gasteiger partial charge in [0.1, 0.15) is 0 Å². The zero-order valence-electron chi connectivity index (χ0n) is 9.05. The maximum atomic E-state index is 11.6. The third-order valence-corrected chi connectivity index (χ3v) is 3.66. The SMILES string of the molecule is CC(N)CCS(=O)(=O)Cc1cnn(C)c1. The minimum absolute atomic E-state index is 0.0492. The molecule has 1 aromatic rings. The third kappa shape index (κ3) is 4.44. The molecule has 0 amide bonds. The average molecular weight is 231 g/mol. The molecule has 1 atom stereocenters. The standard InChI is InChI=1S/C9H17N3O2S/c1-8(10)3-4-15(13,14)7-9-5-11-12(2)6-9/h5-6,8H,3-4,7,10H2,1-2H3. The van der Waals surface area contributed by atoms with E-state index >= 15 is 0 Å². The number of aromatic nitrogens is 2. The van der Waals surface area contributed by atoms with E-state index in [1.165, 1.54) is 0 Å². The van der Waals surface area contributed by atoms with E-state index < -0.39 is 9.84 Å². The van der Waals surface area contributed by atoms with Gasteiger partial charge < -0.3 is 5.73 Å². The lowest BCUT2D eigenvalue weighted by atomic mass is 10.3. The van der Waals surface area contributed by atoms with Gasteiger partial charge in [0.2, 0.25) is 0 Å². The third-order valence-electron chi connectivity index (χ3n) is 2.03. The molecule has 0 fully saturated rings. The molecule has 86 valence electrons. The first-order chi connectivity index (χ1) is 6.89. The molecule has 2 N–H and O–H groups in total. The Bertz CT molecular complexity index is 409. The fourth-order valence-electron chi connectivity index (χ4n) is 1.24. The van der Waals surface area contributed by atoms with Gasteiger partial charge in [-0.3, -0.25) is 4.68 Å². The largest absolute Gasteiger partial charge is 0.328 e. The van der Waals surface area contributed by atoms with E-state index in [4.69, 9.17) is 5.73 Å². The molecule has 1 heterocycles. The number of hydrogen-bond acceptors (Lipinski definition) is 4. The molecule has 15 heavy (non-hydrogen) atoms. The Morgan fingerprint density at radius 2 is 2.27 bits per heavy atom. The number of hydrogen-bond donors (Lipinski definition) is 1. The first-order valence-corrected chi connectivity index (χ1v) is 6.65. The van der Waals surface area contributed by atoms with Gasteiger partial charge in [0.25, 0.3) is 0 Å². The summed E-state index contributed by atoms with van der Waals surface area (Å²) in [6, 6.07) is -0.0753. The summed E-state index contributed by atoms with van der Waals surface area (Å²) in [5.74, 6) is 0.188. The van der Waals surface area contributed by atoms with Gasteiger partial charge in [0.15, 0.2) is 9.84 Å². The Morgan fingerprint density at radius 1 is 1.60 bits per heavy atom. The average Bonchev–Trinajstić information content (AvgIpc) is 2.47.